The summed E-state index contributed by atoms with van der Waals surface area (Å²) in [5.74, 6) is -0.636. The van der Waals surface area contributed by atoms with Crippen molar-refractivity contribution in [1.29, 1.82) is 0 Å². The van der Waals surface area contributed by atoms with Gasteiger partial charge in [0.2, 0.25) is 5.91 Å². The van der Waals surface area contributed by atoms with Crippen molar-refractivity contribution in [3.05, 3.63) is 91.4 Å². The van der Waals surface area contributed by atoms with Crippen LogP contribution >= 0.6 is 39.1 Å². The van der Waals surface area contributed by atoms with Crippen molar-refractivity contribution < 1.29 is 18.1 Å². The smallest absolute Gasteiger partial charge is 0.270 e. The molecular weight excluding hydrogens is 545 g/mol. The van der Waals surface area contributed by atoms with E-state index in [2.05, 4.69) is 21.2 Å². The Morgan fingerprint density at radius 1 is 1.06 bits per heavy atom. The zero-order chi connectivity index (χ0) is 23.5. The van der Waals surface area contributed by atoms with Crippen LogP contribution in [0.2, 0.25) is 10.0 Å². The van der Waals surface area contributed by atoms with Gasteiger partial charge in [0.25, 0.3) is 15.7 Å². The highest BCUT2D eigenvalue weighted by Crippen LogP contribution is 2.32. The van der Waals surface area contributed by atoms with E-state index in [1.807, 2.05) is 0 Å². The van der Waals surface area contributed by atoms with Crippen LogP contribution in [-0.2, 0) is 14.8 Å². The van der Waals surface area contributed by atoms with Crippen molar-refractivity contribution in [3.8, 4) is 0 Å². The summed E-state index contributed by atoms with van der Waals surface area (Å²) in [6.45, 7) is -0.616. The maximum Gasteiger partial charge on any atom is 0.270 e. The first kappa shape index (κ1) is 24.0. The Morgan fingerprint density at radius 2 is 1.75 bits per heavy atom. The monoisotopic (exact) mass is 557 g/mol. The van der Waals surface area contributed by atoms with Gasteiger partial charge in [-0.3, -0.25) is 19.2 Å². The second-order valence-electron chi connectivity index (χ2n) is 6.42. The number of nitro benzene ring substituents is 1. The third kappa shape index (κ3) is 5.57. The van der Waals surface area contributed by atoms with Crippen LogP contribution in [0.3, 0.4) is 0 Å². The number of hydrogen-bond donors (Lipinski definition) is 1. The van der Waals surface area contributed by atoms with Gasteiger partial charge in [0, 0.05) is 27.3 Å². The van der Waals surface area contributed by atoms with Crippen LogP contribution in [0.25, 0.3) is 0 Å². The Labute approximate surface area is 202 Å². The number of benzene rings is 3. The lowest BCUT2D eigenvalue weighted by atomic mass is 10.3. The Hall–Kier alpha value is -2.66. The lowest BCUT2D eigenvalue weighted by Crippen LogP contribution is -2.38. The summed E-state index contributed by atoms with van der Waals surface area (Å²) < 4.78 is 28.4. The summed E-state index contributed by atoms with van der Waals surface area (Å²) >= 11 is 15.3. The van der Waals surface area contributed by atoms with Crippen molar-refractivity contribution in [1.82, 2.24) is 0 Å². The zero-order valence-corrected chi connectivity index (χ0v) is 20.0. The molecule has 8 nitrogen and oxygen atoms in total. The van der Waals surface area contributed by atoms with E-state index >= 15 is 0 Å². The maximum atomic E-state index is 13.5. The van der Waals surface area contributed by atoms with Gasteiger partial charge >= 0.3 is 0 Å². The fourth-order valence-corrected chi connectivity index (χ4v) is 5.18. The largest absolute Gasteiger partial charge is 0.324 e. The van der Waals surface area contributed by atoms with Gasteiger partial charge < -0.3 is 5.32 Å². The molecule has 0 heterocycles. The maximum absolute atomic E-state index is 13.5. The quantitative estimate of drug-likeness (QED) is 0.304. The number of hydrogen-bond acceptors (Lipinski definition) is 5. The lowest BCUT2D eigenvalue weighted by molar-refractivity contribution is -0.385. The molecule has 12 heteroatoms. The van der Waals surface area contributed by atoms with Crippen molar-refractivity contribution in [2.45, 2.75) is 4.90 Å². The number of nitro groups is 1. The summed E-state index contributed by atoms with van der Waals surface area (Å²) in [5, 5.41) is 13.9. The summed E-state index contributed by atoms with van der Waals surface area (Å²) in [6, 6.07) is 15.6. The molecule has 0 radical (unpaired) electrons. The first-order valence-corrected chi connectivity index (χ1v) is 11.8. The normalized spacial score (nSPS) is 11.1. The summed E-state index contributed by atoms with van der Waals surface area (Å²) in [4.78, 5) is 22.6. The first-order chi connectivity index (χ1) is 15.1. The highest BCUT2D eigenvalue weighted by molar-refractivity contribution is 9.10. The molecular formula is C20H14BrCl2N3O5S. The third-order valence-corrected chi connectivity index (χ3v) is 7.20. The van der Waals surface area contributed by atoms with Gasteiger partial charge in [-0.25, -0.2) is 8.42 Å². The highest BCUT2D eigenvalue weighted by atomic mass is 79.9. The fraction of sp³-hybridized carbons (Fsp3) is 0.0500. The minimum Gasteiger partial charge on any atom is -0.324 e. The van der Waals surface area contributed by atoms with E-state index in [1.165, 1.54) is 24.3 Å². The van der Waals surface area contributed by atoms with Gasteiger partial charge in [-0.05, 0) is 48.5 Å². The van der Waals surface area contributed by atoms with E-state index in [0.717, 1.165) is 27.0 Å². The molecule has 0 aliphatic heterocycles. The van der Waals surface area contributed by atoms with Crippen LogP contribution in [0.15, 0.2) is 76.1 Å². The molecule has 0 aromatic heterocycles. The number of carbonyl (C=O) groups excluding carboxylic acids is 1. The van der Waals surface area contributed by atoms with Gasteiger partial charge in [0.1, 0.15) is 11.4 Å². The molecule has 0 saturated carbocycles. The van der Waals surface area contributed by atoms with Gasteiger partial charge in [-0.1, -0.05) is 45.2 Å². The van der Waals surface area contributed by atoms with E-state index in [1.54, 1.807) is 24.3 Å². The molecule has 3 aromatic carbocycles. The van der Waals surface area contributed by atoms with Gasteiger partial charge in [0.05, 0.1) is 15.6 Å². The number of sulfonamides is 1. The average molecular weight is 559 g/mol. The molecule has 0 saturated heterocycles. The minimum atomic E-state index is -4.47. The lowest BCUT2D eigenvalue weighted by Gasteiger charge is -2.24. The molecule has 0 bridgehead atoms. The van der Waals surface area contributed by atoms with E-state index in [-0.39, 0.29) is 10.7 Å². The molecule has 1 N–H and O–H groups in total. The van der Waals surface area contributed by atoms with Crippen LogP contribution in [0, 0.1) is 10.1 Å². The number of nitrogens with one attached hydrogen (secondary N) is 1. The van der Waals surface area contributed by atoms with Crippen molar-refractivity contribution in [2.24, 2.45) is 0 Å². The molecule has 3 aromatic rings. The fourth-order valence-electron chi connectivity index (χ4n) is 2.74. The number of carbonyl (C=O) groups is 1. The predicted octanol–water partition coefficient (Wildman–Crippen LogP) is 5.50. The topological polar surface area (TPSA) is 110 Å². The molecule has 0 unspecified atom stereocenters. The van der Waals surface area contributed by atoms with Crippen LogP contribution in [0.5, 0.6) is 0 Å². The van der Waals surface area contributed by atoms with Crippen LogP contribution < -0.4 is 9.62 Å². The highest BCUT2D eigenvalue weighted by Gasteiger charge is 2.31. The van der Waals surface area contributed by atoms with Crippen molar-refractivity contribution in [3.63, 3.8) is 0 Å². The predicted molar refractivity (Wildman–Crippen MR) is 127 cm³/mol. The van der Waals surface area contributed by atoms with Gasteiger partial charge in [-0.2, -0.15) is 0 Å². The number of rotatable bonds is 7. The van der Waals surface area contributed by atoms with Gasteiger partial charge in [0.15, 0.2) is 0 Å². The molecule has 0 fully saturated rings. The number of amides is 1. The molecule has 0 spiro atoms. The van der Waals surface area contributed by atoms with Gasteiger partial charge in [-0.15, -0.1) is 0 Å². The second kappa shape index (κ2) is 9.86. The molecule has 0 atom stereocenters. The Balaban J connectivity index is 2.03. The number of nitrogens with zero attached hydrogens (tertiary/aromatic N) is 2. The van der Waals surface area contributed by atoms with E-state index in [4.69, 9.17) is 23.2 Å². The Kier molecular flexibility index (Phi) is 7.40. The molecule has 32 heavy (non-hydrogen) atoms. The van der Waals surface area contributed by atoms with Crippen molar-refractivity contribution >= 4 is 72.1 Å². The number of anilines is 2. The van der Waals surface area contributed by atoms with E-state index < -0.39 is 38.0 Å². The molecule has 0 aliphatic rings. The van der Waals surface area contributed by atoms with Crippen molar-refractivity contribution in [2.75, 3.05) is 16.2 Å². The van der Waals surface area contributed by atoms with E-state index in [0.29, 0.717) is 10.7 Å². The first-order valence-electron chi connectivity index (χ1n) is 8.85. The Morgan fingerprint density at radius 3 is 2.38 bits per heavy atom. The van der Waals surface area contributed by atoms with Crippen LogP contribution in [0.1, 0.15) is 0 Å². The summed E-state index contributed by atoms with van der Waals surface area (Å²) in [7, 11) is -4.47. The number of non-ortho nitro benzene ring substituents is 1. The molecule has 1 amide bonds. The number of halogens is 3. The summed E-state index contributed by atoms with van der Waals surface area (Å²) in [5.41, 5.74) is 0.121. The zero-order valence-electron chi connectivity index (χ0n) is 16.0. The SMILES string of the molecule is O=C(CN(c1ccc(Cl)cc1)S(=O)(=O)c1cc([N+](=O)[O-])ccc1Cl)Nc1cccc(Br)c1. The average Bonchev–Trinajstić information content (AvgIpc) is 2.72. The van der Waals surface area contributed by atoms with Crippen LogP contribution in [0.4, 0.5) is 17.1 Å². The minimum absolute atomic E-state index is 0.126. The Bertz CT molecular complexity index is 1290. The summed E-state index contributed by atoms with van der Waals surface area (Å²) in [6.07, 6.45) is 0. The molecule has 0 aliphatic carbocycles. The second-order valence-corrected chi connectivity index (χ2v) is 10.0. The molecule has 166 valence electrons. The molecule has 3 rings (SSSR count). The standard InChI is InChI=1S/C20H14BrCl2N3O5S/c21-13-2-1-3-15(10-13)24-20(27)12-25(16-6-4-14(22)5-7-16)32(30,31)19-11-17(26(28)29)8-9-18(19)23/h1-11H,12H2,(H,24,27). The van der Waals surface area contributed by atoms with E-state index in [9.17, 15) is 23.3 Å². The van der Waals surface area contributed by atoms with Crippen LogP contribution in [-0.4, -0.2) is 25.8 Å². The third-order valence-electron chi connectivity index (χ3n) is 4.20.